The molecule has 1 aromatic carbocycles. The molecule has 0 amide bonds. The zero-order valence-corrected chi connectivity index (χ0v) is 9.07. The van der Waals surface area contributed by atoms with Crippen molar-refractivity contribution in [2.45, 2.75) is 12.8 Å². The van der Waals surface area contributed by atoms with Crippen LogP contribution in [0.15, 0.2) is 30.3 Å². The van der Waals surface area contributed by atoms with Crippen molar-refractivity contribution in [2.24, 2.45) is 0 Å². The normalized spacial score (nSPS) is 12.4. The Morgan fingerprint density at radius 3 is 2.57 bits per heavy atom. The topological polar surface area (TPSA) is 49.3 Å². The van der Waals surface area contributed by atoms with Gasteiger partial charge in [0.1, 0.15) is 0 Å². The zero-order chi connectivity index (χ0) is 10.2. The summed E-state index contributed by atoms with van der Waals surface area (Å²) in [5, 5.41) is 3.25. The summed E-state index contributed by atoms with van der Waals surface area (Å²) in [6.45, 7) is 0.860. The molecule has 0 saturated carbocycles. The van der Waals surface area contributed by atoms with Crippen LogP contribution in [0.4, 0.5) is 5.69 Å². The summed E-state index contributed by atoms with van der Waals surface area (Å²) in [7, 11) is -2.26. The van der Waals surface area contributed by atoms with E-state index in [0.29, 0.717) is 6.16 Å². The van der Waals surface area contributed by atoms with Gasteiger partial charge in [0, 0.05) is 18.4 Å². The van der Waals surface area contributed by atoms with E-state index >= 15 is 0 Å². The van der Waals surface area contributed by atoms with Crippen molar-refractivity contribution in [3.05, 3.63) is 30.3 Å². The molecule has 3 nitrogen and oxygen atoms in total. The van der Waals surface area contributed by atoms with Crippen LogP contribution in [-0.4, -0.2) is 17.6 Å². The molecule has 1 atom stereocenters. The summed E-state index contributed by atoms with van der Waals surface area (Å²) >= 11 is 0. The molecule has 0 spiro atoms. The maximum Gasteiger partial charge on any atom is 0.189 e. The smallest absolute Gasteiger partial charge is 0.189 e. The van der Waals surface area contributed by atoms with Crippen molar-refractivity contribution in [1.29, 1.82) is 0 Å². The Bertz CT molecular complexity index is 277. The van der Waals surface area contributed by atoms with Crippen LogP contribution in [0.25, 0.3) is 0 Å². The maximum absolute atomic E-state index is 10.4. The van der Waals surface area contributed by atoms with Crippen LogP contribution < -0.4 is 5.32 Å². The number of para-hydroxylation sites is 1. The summed E-state index contributed by atoms with van der Waals surface area (Å²) in [4.78, 5) is 8.59. The first-order valence-corrected chi connectivity index (χ1v) is 6.36. The SMILES string of the molecule is O=[PH](O)CCCCNc1ccccc1. The van der Waals surface area contributed by atoms with Gasteiger partial charge in [0.2, 0.25) is 0 Å². The third-order valence-corrected chi connectivity index (χ3v) is 2.70. The third-order valence-electron chi connectivity index (χ3n) is 1.92. The minimum absolute atomic E-state index is 0.446. The monoisotopic (exact) mass is 213 g/mol. The lowest BCUT2D eigenvalue weighted by molar-refractivity contribution is 0.500. The summed E-state index contributed by atoms with van der Waals surface area (Å²) < 4.78 is 10.4. The second-order valence-electron chi connectivity index (χ2n) is 3.14. The minimum atomic E-state index is -2.26. The predicted octanol–water partition coefficient (Wildman–Crippen LogP) is 2.35. The van der Waals surface area contributed by atoms with Crippen LogP contribution >= 0.6 is 8.03 Å². The zero-order valence-electron chi connectivity index (χ0n) is 8.07. The van der Waals surface area contributed by atoms with Crippen molar-refractivity contribution in [1.82, 2.24) is 0 Å². The van der Waals surface area contributed by atoms with E-state index in [2.05, 4.69) is 5.32 Å². The highest BCUT2D eigenvalue weighted by atomic mass is 31.1. The van der Waals surface area contributed by atoms with Crippen molar-refractivity contribution >= 4 is 13.7 Å². The van der Waals surface area contributed by atoms with E-state index in [1.54, 1.807) is 0 Å². The first-order chi connectivity index (χ1) is 6.79. The Morgan fingerprint density at radius 1 is 1.21 bits per heavy atom. The molecular formula is C10H16NO2P. The molecule has 1 aromatic rings. The number of unbranched alkanes of at least 4 members (excludes halogenated alkanes) is 1. The highest BCUT2D eigenvalue weighted by Crippen LogP contribution is 2.14. The quantitative estimate of drug-likeness (QED) is 0.563. The van der Waals surface area contributed by atoms with Gasteiger partial charge >= 0.3 is 0 Å². The van der Waals surface area contributed by atoms with Crippen LogP contribution in [0.5, 0.6) is 0 Å². The second kappa shape index (κ2) is 6.63. The molecule has 78 valence electrons. The van der Waals surface area contributed by atoms with Crippen LogP contribution in [-0.2, 0) is 4.57 Å². The van der Waals surface area contributed by atoms with Crippen molar-refractivity contribution < 1.29 is 9.46 Å². The van der Waals surface area contributed by atoms with Gasteiger partial charge in [-0.1, -0.05) is 18.2 Å². The Morgan fingerprint density at radius 2 is 1.93 bits per heavy atom. The Kier molecular flexibility index (Phi) is 5.35. The Hall–Kier alpha value is -0.790. The summed E-state index contributed by atoms with van der Waals surface area (Å²) in [6.07, 6.45) is 2.20. The number of rotatable bonds is 6. The maximum atomic E-state index is 10.4. The van der Waals surface area contributed by atoms with E-state index in [1.165, 1.54) is 0 Å². The minimum Gasteiger partial charge on any atom is -0.385 e. The van der Waals surface area contributed by atoms with E-state index in [1.807, 2.05) is 30.3 Å². The number of hydrogen-bond donors (Lipinski definition) is 2. The highest BCUT2D eigenvalue weighted by molar-refractivity contribution is 7.37. The Balaban J connectivity index is 2.08. The number of nitrogens with one attached hydrogen (secondary N) is 1. The predicted molar refractivity (Wildman–Crippen MR) is 60.3 cm³/mol. The molecule has 0 aromatic heterocycles. The molecule has 0 aliphatic heterocycles. The lowest BCUT2D eigenvalue weighted by Gasteiger charge is -2.04. The average Bonchev–Trinajstić information content (AvgIpc) is 2.18. The fourth-order valence-electron chi connectivity index (χ4n) is 1.19. The molecule has 0 radical (unpaired) electrons. The Labute approximate surface area is 85.0 Å². The largest absolute Gasteiger partial charge is 0.385 e. The average molecular weight is 213 g/mol. The van der Waals surface area contributed by atoms with E-state index in [0.717, 1.165) is 25.1 Å². The van der Waals surface area contributed by atoms with Crippen molar-refractivity contribution in [2.75, 3.05) is 18.0 Å². The first kappa shape index (κ1) is 11.3. The fraction of sp³-hybridized carbons (Fsp3) is 0.400. The molecule has 4 heteroatoms. The lowest BCUT2D eigenvalue weighted by Crippen LogP contribution is -2.01. The molecule has 14 heavy (non-hydrogen) atoms. The van der Waals surface area contributed by atoms with Crippen molar-refractivity contribution in [3.63, 3.8) is 0 Å². The van der Waals surface area contributed by atoms with Gasteiger partial charge < -0.3 is 10.2 Å². The molecular weight excluding hydrogens is 197 g/mol. The summed E-state index contributed by atoms with van der Waals surface area (Å²) in [5.41, 5.74) is 1.10. The van der Waals surface area contributed by atoms with Crippen LogP contribution in [0, 0.1) is 0 Å². The van der Waals surface area contributed by atoms with Gasteiger partial charge in [0.15, 0.2) is 8.03 Å². The van der Waals surface area contributed by atoms with E-state index < -0.39 is 8.03 Å². The molecule has 2 N–H and O–H groups in total. The van der Waals surface area contributed by atoms with Gasteiger partial charge in [-0.15, -0.1) is 0 Å². The number of hydrogen-bond acceptors (Lipinski definition) is 2. The lowest BCUT2D eigenvalue weighted by atomic mass is 10.3. The van der Waals surface area contributed by atoms with Crippen molar-refractivity contribution in [3.8, 4) is 0 Å². The molecule has 0 heterocycles. The van der Waals surface area contributed by atoms with Gasteiger partial charge in [-0.25, -0.2) is 0 Å². The molecule has 0 aliphatic rings. The van der Waals surface area contributed by atoms with Crippen LogP contribution in [0.3, 0.4) is 0 Å². The van der Waals surface area contributed by atoms with Gasteiger partial charge in [-0.3, -0.25) is 4.57 Å². The van der Waals surface area contributed by atoms with Gasteiger partial charge in [0.25, 0.3) is 0 Å². The first-order valence-electron chi connectivity index (χ1n) is 4.80. The molecule has 0 saturated heterocycles. The van der Waals surface area contributed by atoms with E-state index in [4.69, 9.17) is 4.89 Å². The van der Waals surface area contributed by atoms with Gasteiger partial charge in [-0.05, 0) is 25.0 Å². The molecule has 0 bridgehead atoms. The molecule has 0 fully saturated rings. The van der Waals surface area contributed by atoms with Crippen LogP contribution in [0.2, 0.25) is 0 Å². The van der Waals surface area contributed by atoms with Gasteiger partial charge in [-0.2, -0.15) is 0 Å². The summed E-state index contributed by atoms with van der Waals surface area (Å²) in [6, 6.07) is 9.95. The second-order valence-corrected chi connectivity index (χ2v) is 4.43. The van der Waals surface area contributed by atoms with Gasteiger partial charge in [0.05, 0.1) is 0 Å². The fourth-order valence-corrected chi connectivity index (χ4v) is 1.74. The number of anilines is 1. The highest BCUT2D eigenvalue weighted by Gasteiger charge is 1.93. The standard InChI is InChI=1S/C10H16NO2P/c12-14(13)9-5-4-8-11-10-6-2-1-3-7-10/h1-3,6-7,11,14H,4-5,8-9H2,(H,12,13). The molecule has 1 rings (SSSR count). The molecule has 0 aliphatic carbocycles. The van der Waals surface area contributed by atoms with E-state index in [-0.39, 0.29) is 0 Å². The third kappa shape index (κ3) is 5.05. The number of benzene rings is 1. The summed E-state index contributed by atoms with van der Waals surface area (Å²) in [5.74, 6) is 0. The van der Waals surface area contributed by atoms with Crippen LogP contribution in [0.1, 0.15) is 12.8 Å². The van der Waals surface area contributed by atoms with E-state index in [9.17, 15) is 4.57 Å². The molecule has 1 unspecified atom stereocenters.